The van der Waals surface area contributed by atoms with Gasteiger partial charge in [0.1, 0.15) is 16.9 Å². The number of carbonyl (C=O) groups excluding carboxylic acids is 1. The van der Waals surface area contributed by atoms with E-state index in [1.807, 2.05) is 11.1 Å². The number of nitrogens with zero attached hydrogens (tertiary/aromatic N) is 4. The number of carbonyl (C=O) groups is 1. The van der Waals surface area contributed by atoms with E-state index in [-0.39, 0.29) is 11.9 Å². The maximum absolute atomic E-state index is 12.4. The number of hydrogen-bond acceptors (Lipinski definition) is 5. The third-order valence-electron chi connectivity index (χ3n) is 3.99. The van der Waals surface area contributed by atoms with Crippen molar-refractivity contribution in [1.82, 2.24) is 4.98 Å². The van der Waals surface area contributed by atoms with Gasteiger partial charge >= 0.3 is 0 Å². The molecule has 2 aliphatic rings. The summed E-state index contributed by atoms with van der Waals surface area (Å²) in [6, 6.07) is 3.00. The van der Waals surface area contributed by atoms with Gasteiger partial charge in [-0.25, -0.2) is 9.88 Å². The quantitative estimate of drug-likeness (QED) is 0.586. The van der Waals surface area contributed by atoms with E-state index >= 15 is 0 Å². The fourth-order valence-electron chi connectivity index (χ4n) is 2.95. The van der Waals surface area contributed by atoms with Crippen LogP contribution in [-0.4, -0.2) is 36.2 Å². The molecule has 21 heavy (non-hydrogen) atoms. The molecule has 7 heteroatoms. The minimum Gasteiger partial charge on any atom is -0.381 e. The van der Waals surface area contributed by atoms with Crippen molar-refractivity contribution in [3.63, 3.8) is 0 Å². The predicted octanol–water partition coefficient (Wildman–Crippen LogP) is 1.94. The number of ether oxygens (including phenoxy) is 1. The van der Waals surface area contributed by atoms with Crippen molar-refractivity contribution in [2.75, 3.05) is 23.0 Å². The first-order chi connectivity index (χ1) is 10.1. The summed E-state index contributed by atoms with van der Waals surface area (Å²) in [7, 11) is 0. The van der Waals surface area contributed by atoms with E-state index in [9.17, 15) is 10.1 Å². The Kier molecular flexibility index (Phi) is 3.70. The van der Waals surface area contributed by atoms with Crippen molar-refractivity contribution in [3.8, 4) is 6.19 Å². The maximum Gasteiger partial charge on any atom is 0.262 e. The second-order valence-corrected chi connectivity index (χ2v) is 5.56. The van der Waals surface area contributed by atoms with Gasteiger partial charge in [-0.05, 0) is 31.9 Å². The zero-order valence-electron chi connectivity index (χ0n) is 11.6. The minimum atomic E-state index is -0.439. The number of aromatic nitrogens is 1. The first kappa shape index (κ1) is 14.1. The largest absolute Gasteiger partial charge is 0.381 e. The van der Waals surface area contributed by atoms with E-state index in [0.717, 1.165) is 17.7 Å². The lowest BCUT2D eigenvalue weighted by atomic mass is 10.0. The van der Waals surface area contributed by atoms with Crippen molar-refractivity contribution in [1.29, 1.82) is 5.26 Å². The number of nitriles is 1. The van der Waals surface area contributed by atoms with Gasteiger partial charge in [0.2, 0.25) is 0 Å². The van der Waals surface area contributed by atoms with E-state index in [2.05, 4.69) is 4.98 Å². The molecule has 3 rings (SSSR count). The SMILES string of the molecule is C[C@@H]1C(=O)N(C#N)c2ccc(Cl)nc2N1C1CCOCC1. The van der Waals surface area contributed by atoms with Crippen molar-refractivity contribution in [2.24, 2.45) is 0 Å². The molecule has 0 saturated carbocycles. The molecule has 1 aromatic heterocycles. The summed E-state index contributed by atoms with van der Waals surface area (Å²) in [5, 5.41) is 9.60. The van der Waals surface area contributed by atoms with Gasteiger partial charge in [-0.2, -0.15) is 5.26 Å². The Morgan fingerprint density at radius 2 is 2.14 bits per heavy atom. The van der Waals surface area contributed by atoms with Gasteiger partial charge in [-0.15, -0.1) is 0 Å². The van der Waals surface area contributed by atoms with Crippen LogP contribution >= 0.6 is 11.6 Å². The molecule has 1 fully saturated rings. The number of halogens is 1. The second-order valence-electron chi connectivity index (χ2n) is 5.18. The predicted molar refractivity (Wildman–Crippen MR) is 78.1 cm³/mol. The highest BCUT2D eigenvalue weighted by Crippen LogP contribution is 2.38. The van der Waals surface area contributed by atoms with Crippen LogP contribution in [0.15, 0.2) is 12.1 Å². The maximum atomic E-state index is 12.4. The van der Waals surface area contributed by atoms with Crippen LogP contribution in [-0.2, 0) is 9.53 Å². The van der Waals surface area contributed by atoms with E-state index in [1.165, 1.54) is 0 Å². The van der Waals surface area contributed by atoms with Gasteiger partial charge in [0.15, 0.2) is 12.0 Å². The normalized spacial score (nSPS) is 22.9. The molecule has 6 nitrogen and oxygen atoms in total. The van der Waals surface area contributed by atoms with Crippen LogP contribution in [0.4, 0.5) is 11.5 Å². The van der Waals surface area contributed by atoms with Crippen LogP contribution in [0.3, 0.4) is 0 Å². The molecule has 3 heterocycles. The van der Waals surface area contributed by atoms with Crippen molar-refractivity contribution in [2.45, 2.75) is 31.8 Å². The Bertz CT molecular complexity index is 609. The highest BCUT2D eigenvalue weighted by molar-refractivity contribution is 6.29. The van der Waals surface area contributed by atoms with E-state index in [0.29, 0.717) is 29.9 Å². The highest BCUT2D eigenvalue weighted by Gasteiger charge is 2.40. The van der Waals surface area contributed by atoms with E-state index < -0.39 is 6.04 Å². The molecule has 1 aromatic rings. The first-order valence-electron chi connectivity index (χ1n) is 6.90. The number of anilines is 2. The van der Waals surface area contributed by atoms with E-state index in [4.69, 9.17) is 16.3 Å². The fourth-order valence-corrected chi connectivity index (χ4v) is 3.09. The molecule has 110 valence electrons. The molecule has 0 aliphatic carbocycles. The van der Waals surface area contributed by atoms with Crippen molar-refractivity contribution in [3.05, 3.63) is 17.3 Å². The Hall–Kier alpha value is -1.84. The van der Waals surface area contributed by atoms with Crippen LogP contribution in [0.1, 0.15) is 19.8 Å². The summed E-state index contributed by atoms with van der Waals surface area (Å²) in [6.07, 6.45) is 3.59. The molecule has 0 bridgehead atoms. The van der Waals surface area contributed by atoms with Crippen LogP contribution in [0.2, 0.25) is 5.15 Å². The first-order valence-corrected chi connectivity index (χ1v) is 7.27. The summed E-state index contributed by atoms with van der Waals surface area (Å²) >= 11 is 6.01. The lowest BCUT2D eigenvalue weighted by Crippen LogP contribution is -2.55. The summed E-state index contributed by atoms with van der Waals surface area (Å²) in [5.74, 6) is 0.365. The zero-order chi connectivity index (χ0) is 15.0. The Morgan fingerprint density at radius 3 is 2.81 bits per heavy atom. The van der Waals surface area contributed by atoms with Crippen LogP contribution in [0, 0.1) is 11.5 Å². The minimum absolute atomic E-state index is 0.170. The molecule has 0 aromatic carbocycles. The molecule has 1 amide bonds. The number of pyridine rings is 1. The van der Waals surface area contributed by atoms with Gasteiger partial charge in [-0.1, -0.05) is 11.6 Å². The Balaban J connectivity index is 2.09. The highest BCUT2D eigenvalue weighted by atomic mass is 35.5. The second kappa shape index (κ2) is 5.51. The summed E-state index contributed by atoms with van der Waals surface area (Å²) in [6.45, 7) is 3.13. The molecular weight excluding hydrogens is 292 g/mol. The Morgan fingerprint density at radius 1 is 1.43 bits per heavy atom. The lowest BCUT2D eigenvalue weighted by molar-refractivity contribution is -0.119. The Labute approximate surface area is 127 Å². The topological polar surface area (TPSA) is 69.5 Å². The molecule has 0 spiro atoms. The van der Waals surface area contributed by atoms with Gasteiger partial charge in [-0.3, -0.25) is 4.79 Å². The number of rotatable bonds is 1. The molecule has 2 aliphatic heterocycles. The van der Waals surface area contributed by atoms with Crippen molar-refractivity contribution >= 4 is 29.0 Å². The van der Waals surface area contributed by atoms with Gasteiger partial charge in [0, 0.05) is 19.3 Å². The smallest absolute Gasteiger partial charge is 0.262 e. The lowest BCUT2D eigenvalue weighted by Gasteiger charge is -2.43. The number of fused-ring (bicyclic) bond motifs is 1. The summed E-state index contributed by atoms with van der Waals surface area (Å²) in [5.41, 5.74) is 0.497. The van der Waals surface area contributed by atoms with E-state index in [1.54, 1.807) is 19.1 Å². The van der Waals surface area contributed by atoms with Crippen LogP contribution in [0.25, 0.3) is 0 Å². The third-order valence-corrected chi connectivity index (χ3v) is 4.20. The number of amides is 1. The van der Waals surface area contributed by atoms with Gasteiger partial charge in [0.05, 0.1) is 0 Å². The average molecular weight is 307 g/mol. The molecule has 0 N–H and O–H groups in total. The van der Waals surface area contributed by atoms with Gasteiger partial charge in [0.25, 0.3) is 5.91 Å². The molecular formula is C14H15ClN4O2. The molecule has 1 saturated heterocycles. The van der Waals surface area contributed by atoms with Crippen molar-refractivity contribution < 1.29 is 9.53 Å². The number of hydrogen-bond donors (Lipinski definition) is 0. The molecule has 0 unspecified atom stereocenters. The fraction of sp³-hybridized carbons (Fsp3) is 0.500. The standard InChI is InChI=1S/C14H15ClN4O2/c1-9-14(20)18(8-16)11-2-3-12(15)17-13(11)19(9)10-4-6-21-7-5-10/h2-3,9-10H,4-7H2,1H3/t9-/m1/s1. The molecule has 0 radical (unpaired) electrons. The monoisotopic (exact) mass is 306 g/mol. The van der Waals surface area contributed by atoms with Gasteiger partial charge < -0.3 is 9.64 Å². The van der Waals surface area contributed by atoms with Crippen LogP contribution in [0.5, 0.6) is 0 Å². The van der Waals surface area contributed by atoms with Crippen LogP contribution < -0.4 is 9.80 Å². The zero-order valence-corrected chi connectivity index (χ0v) is 12.4. The molecule has 1 atom stereocenters. The third kappa shape index (κ3) is 2.33. The summed E-state index contributed by atoms with van der Waals surface area (Å²) < 4.78 is 5.39. The average Bonchev–Trinajstić information content (AvgIpc) is 2.50. The summed E-state index contributed by atoms with van der Waals surface area (Å²) in [4.78, 5) is 19.9.